The Labute approximate surface area is 88.0 Å². The molecule has 0 aromatic rings. The van der Waals surface area contributed by atoms with Crippen molar-refractivity contribution < 1.29 is 9.53 Å². The molecule has 0 spiro atoms. The summed E-state index contributed by atoms with van der Waals surface area (Å²) in [4.78, 5) is 11.3. The van der Waals surface area contributed by atoms with Gasteiger partial charge in [0.1, 0.15) is 0 Å². The highest BCUT2D eigenvalue weighted by molar-refractivity contribution is 5.69. The summed E-state index contributed by atoms with van der Waals surface area (Å²) in [5.74, 6) is -0.0742. The molecule has 0 saturated carbocycles. The van der Waals surface area contributed by atoms with Crippen molar-refractivity contribution in [3.05, 3.63) is 0 Å². The molecule has 14 heavy (non-hydrogen) atoms. The van der Waals surface area contributed by atoms with E-state index in [0.29, 0.717) is 13.0 Å². The van der Waals surface area contributed by atoms with Gasteiger partial charge < -0.3 is 4.74 Å². The second-order valence-corrected chi connectivity index (χ2v) is 6.28. The Hall–Kier alpha value is -0.530. The van der Waals surface area contributed by atoms with Crippen molar-refractivity contribution >= 4 is 5.97 Å². The first kappa shape index (κ1) is 13.5. The molecule has 0 aromatic carbocycles. The smallest absolute Gasteiger partial charge is 0.305 e. The van der Waals surface area contributed by atoms with Crippen LogP contribution in [0.15, 0.2) is 0 Å². The van der Waals surface area contributed by atoms with Crippen LogP contribution in [0.5, 0.6) is 0 Å². The normalized spacial score (nSPS) is 12.7. The Morgan fingerprint density at radius 2 is 1.50 bits per heavy atom. The first-order valence-corrected chi connectivity index (χ1v) is 5.26. The molecule has 0 saturated heterocycles. The van der Waals surface area contributed by atoms with Crippen LogP contribution in [0, 0.1) is 10.8 Å². The van der Waals surface area contributed by atoms with Gasteiger partial charge >= 0.3 is 5.97 Å². The molecule has 2 nitrogen and oxygen atoms in total. The van der Waals surface area contributed by atoms with Crippen LogP contribution in [0.2, 0.25) is 0 Å². The summed E-state index contributed by atoms with van der Waals surface area (Å²) >= 11 is 0. The van der Waals surface area contributed by atoms with E-state index >= 15 is 0 Å². The third kappa shape index (κ3) is 9.56. The Kier molecular flexibility index (Phi) is 4.63. The van der Waals surface area contributed by atoms with E-state index in [1.807, 2.05) is 0 Å². The highest BCUT2D eigenvalue weighted by Gasteiger charge is 2.16. The molecule has 0 heterocycles. The van der Waals surface area contributed by atoms with E-state index in [2.05, 4.69) is 41.5 Å². The number of rotatable bonds is 3. The molecular formula is C12H24O2. The van der Waals surface area contributed by atoms with Crippen LogP contribution >= 0.6 is 0 Å². The van der Waals surface area contributed by atoms with E-state index in [1.165, 1.54) is 0 Å². The SMILES string of the molecule is CC(C)(C)CCC(=O)OCC(C)(C)C. The Morgan fingerprint density at radius 3 is 1.86 bits per heavy atom. The van der Waals surface area contributed by atoms with Gasteiger partial charge in [0.05, 0.1) is 6.61 Å². The van der Waals surface area contributed by atoms with E-state index in [1.54, 1.807) is 0 Å². The third-order valence-electron chi connectivity index (χ3n) is 1.75. The molecule has 0 radical (unpaired) electrons. The van der Waals surface area contributed by atoms with Crippen LogP contribution in [-0.2, 0) is 9.53 Å². The second kappa shape index (κ2) is 4.81. The Bertz CT molecular complexity index is 161. The molecule has 0 aliphatic rings. The molecule has 0 aliphatic heterocycles. The molecule has 0 rings (SSSR count). The summed E-state index contributed by atoms with van der Waals surface area (Å²) in [5.41, 5.74) is 0.276. The standard InChI is InChI=1S/C12H24O2/c1-11(2,3)8-7-10(13)14-9-12(4,5)6/h7-9H2,1-6H3. The number of hydrogen-bond acceptors (Lipinski definition) is 2. The van der Waals surface area contributed by atoms with Crippen LogP contribution < -0.4 is 0 Å². The number of ether oxygens (including phenoxy) is 1. The molecule has 0 amide bonds. The Balaban J connectivity index is 3.68. The summed E-state index contributed by atoms with van der Waals surface area (Å²) in [6, 6.07) is 0. The zero-order valence-corrected chi connectivity index (χ0v) is 10.4. The van der Waals surface area contributed by atoms with Gasteiger partial charge in [0, 0.05) is 6.42 Å². The highest BCUT2D eigenvalue weighted by Crippen LogP contribution is 2.21. The molecule has 2 heteroatoms. The van der Waals surface area contributed by atoms with E-state index in [0.717, 1.165) is 6.42 Å². The van der Waals surface area contributed by atoms with Gasteiger partial charge in [-0.25, -0.2) is 0 Å². The molecule has 0 atom stereocenters. The molecule has 84 valence electrons. The average Bonchev–Trinajstić information content (AvgIpc) is 1.94. The molecule has 0 unspecified atom stereocenters. The van der Waals surface area contributed by atoms with Crippen LogP contribution in [0.3, 0.4) is 0 Å². The summed E-state index contributed by atoms with van der Waals surface area (Å²) in [6.45, 7) is 13.1. The summed E-state index contributed by atoms with van der Waals surface area (Å²) in [5, 5.41) is 0. The lowest BCUT2D eigenvalue weighted by molar-refractivity contribution is -0.147. The molecule has 0 aliphatic carbocycles. The molecule has 0 fully saturated rings. The van der Waals surface area contributed by atoms with Crippen molar-refractivity contribution in [1.29, 1.82) is 0 Å². The van der Waals surface area contributed by atoms with Crippen molar-refractivity contribution in [3.8, 4) is 0 Å². The van der Waals surface area contributed by atoms with Crippen LogP contribution in [0.1, 0.15) is 54.4 Å². The monoisotopic (exact) mass is 200 g/mol. The summed E-state index contributed by atoms with van der Waals surface area (Å²) < 4.78 is 5.16. The van der Waals surface area contributed by atoms with E-state index in [9.17, 15) is 4.79 Å². The van der Waals surface area contributed by atoms with Crippen molar-refractivity contribution in [2.24, 2.45) is 10.8 Å². The van der Waals surface area contributed by atoms with Gasteiger partial charge in [-0.2, -0.15) is 0 Å². The lowest BCUT2D eigenvalue weighted by Crippen LogP contribution is -2.19. The van der Waals surface area contributed by atoms with Crippen molar-refractivity contribution in [1.82, 2.24) is 0 Å². The largest absolute Gasteiger partial charge is 0.465 e. The number of carbonyl (C=O) groups excluding carboxylic acids is 1. The quantitative estimate of drug-likeness (QED) is 0.653. The minimum absolute atomic E-state index is 0.0669. The fraction of sp³-hybridized carbons (Fsp3) is 0.917. The zero-order valence-electron chi connectivity index (χ0n) is 10.4. The second-order valence-electron chi connectivity index (χ2n) is 6.28. The fourth-order valence-corrected chi connectivity index (χ4v) is 0.846. The van der Waals surface area contributed by atoms with Crippen LogP contribution in [0.4, 0.5) is 0 Å². The van der Waals surface area contributed by atoms with Gasteiger partial charge in [-0.05, 0) is 17.3 Å². The van der Waals surface area contributed by atoms with Gasteiger partial charge in [-0.15, -0.1) is 0 Å². The van der Waals surface area contributed by atoms with E-state index < -0.39 is 0 Å². The third-order valence-corrected chi connectivity index (χ3v) is 1.75. The van der Waals surface area contributed by atoms with Crippen LogP contribution in [0.25, 0.3) is 0 Å². The van der Waals surface area contributed by atoms with Crippen molar-refractivity contribution in [3.63, 3.8) is 0 Å². The maximum Gasteiger partial charge on any atom is 0.305 e. The number of esters is 1. The lowest BCUT2D eigenvalue weighted by atomic mass is 9.91. The lowest BCUT2D eigenvalue weighted by Gasteiger charge is -2.20. The predicted octanol–water partition coefficient (Wildman–Crippen LogP) is 3.40. The predicted molar refractivity (Wildman–Crippen MR) is 59.1 cm³/mol. The fourth-order valence-electron chi connectivity index (χ4n) is 0.846. The van der Waals surface area contributed by atoms with Gasteiger partial charge in [0.25, 0.3) is 0 Å². The minimum atomic E-state index is -0.0742. The van der Waals surface area contributed by atoms with Gasteiger partial charge in [0.15, 0.2) is 0 Å². The first-order chi connectivity index (χ1) is 6.10. The molecule has 0 aromatic heterocycles. The minimum Gasteiger partial charge on any atom is -0.465 e. The highest BCUT2D eigenvalue weighted by atomic mass is 16.5. The van der Waals surface area contributed by atoms with Crippen molar-refractivity contribution in [2.45, 2.75) is 54.4 Å². The first-order valence-electron chi connectivity index (χ1n) is 5.26. The molecule has 0 bridgehead atoms. The van der Waals surface area contributed by atoms with E-state index in [-0.39, 0.29) is 16.8 Å². The maximum absolute atomic E-state index is 11.3. The van der Waals surface area contributed by atoms with Crippen LogP contribution in [-0.4, -0.2) is 12.6 Å². The average molecular weight is 200 g/mol. The molecular weight excluding hydrogens is 176 g/mol. The Morgan fingerprint density at radius 1 is 1.00 bits per heavy atom. The topological polar surface area (TPSA) is 26.3 Å². The van der Waals surface area contributed by atoms with E-state index in [4.69, 9.17) is 4.74 Å². The van der Waals surface area contributed by atoms with Gasteiger partial charge in [-0.1, -0.05) is 41.5 Å². The number of hydrogen-bond donors (Lipinski definition) is 0. The van der Waals surface area contributed by atoms with Crippen molar-refractivity contribution in [2.75, 3.05) is 6.61 Å². The van der Waals surface area contributed by atoms with Gasteiger partial charge in [-0.3, -0.25) is 4.79 Å². The molecule has 0 N–H and O–H groups in total. The number of carbonyl (C=O) groups is 1. The summed E-state index contributed by atoms with van der Waals surface area (Å²) in [7, 11) is 0. The maximum atomic E-state index is 11.3. The zero-order chi connectivity index (χ0) is 11.4. The van der Waals surface area contributed by atoms with Gasteiger partial charge in [0.2, 0.25) is 0 Å². The summed E-state index contributed by atoms with van der Waals surface area (Å²) in [6.07, 6.45) is 1.41.